The minimum absolute atomic E-state index is 0.144. The van der Waals surface area contributed by atoms with Gasteiger partial charge in [-0.05, 0) is 30.5 Å². The number of hydrogen-bond acceptors (Lipinski definition) is 5. The number of nitrogens with one attached hydrogen (secondary N) is 1. The van der Waals surface area contributed by atoms with E-state index in [2.05, 4.69) is 10.3 Å². The van der Waals surface area contributed by atoms with Gasteiger partial charge < -0.3 is 24.3 Å². The van der Waals surface area contributed by atoms with Gasteiger partial charge in [0.2, 0.25) is 5.88 Å². The van der Waals surface area contributed by atoms with Crippen molar-refractivity contribution < 1.29 is 19.1 Å². The van der Waals surface area contributed by atoms with Crippen molar-refractivity contribution in [2.45, 2.75) is 18.9 Å². The Balaban J connectivity index is 1.76. The van der Waals surface area contributed by atoms with Crippen LogP contribution in [0.1, 0.15) is 33.0 Å². The quantitative estimate of drug-likeness (QED) is 0.513. The standard InChI is InChI=1S/C25H30N4O4/c1-28-14-8-11-22(28)24(30)26-13-12-19(15-18-9-6-5-7-10-18)29(2)25(31)21-16-20(32-3)17-23(27-21)33-4/h5-11,14,16-17,19H,12-13,15H2,1-4H3,(H,26,30)/t19-/m1/s1. The summed E-state index contributed by atoms with van der Waals surface area (Å²) in [7, 11) is 6.60. The van der Waals surface area contributed by atoms with Gasteiger partial charge in [0.25, 0.3) is 11.8 Å². The predicted octanol–water partition coefficient (Wildman–Crippen LogP) is 2.94. The van der Waals surface area contributed by atoms with Gasteiger partial charge in [0.1, 0.15) is 17.1 Å². The van der Waals surface area contributed by atoms with Crippen molar-refractivity contribution in [3.63, 3.8) is 0 Å². The molecule has 8 nitrogen and oxygen atoms in total. The average molecular weight is 451 g/mol. The molecule has 2 aromatic heterocycles. The molecule has 1 aromatic carbocycles. The third-order valence-electron chi connectivity index (χ3n) is 5.56. The van der Waals surface area contributed by atoms with Crippen molar-refractivity contribution >= 4 is 11.8 Å². The summed E-state index contributed by atoms with van der Waals surface area (Å²) in [6.45, 7) is 0.425. The van der Waals surface area contributed by atoms with E-state index in [-0.39, 0.29) is 23.6 Å². The van der Waals surface area contributed by atoms with Crippen LogP contribution in [0.3, 0.4) is 0 Å². The van der Waals surface area contributed by atoms with Gasteiger partial charge in [-0.15, -0.1) is 0 Å². The fraction of sp³-hybridized carbons (Fsp3) is 0.320. The number of methoxy groups -OCH3 is 2. The largest absolute Gasteiger partial charge is 0.496 e. The highest BCUT2D eigenvalue weighted by Gasteiger charge is 2.24. The summed E-state index contributed by atoms with van der Waals surface area (Å²) in [4.78, 5) is 31.8. The normalized spacial score (nSPS) is 11.5. The molecule has 0 fully saturated rings. The number of aromatic nitrogens is 2. The predicted molar refractivity (Wildman–Crippen MR) is 126 cm³/mol. The van der Waals surface area contributed by atoms with E-state index in [0.717, 1.165) is 5.56 Å². The molecule has 1 atom stereocenters. The molecule has 0 saturated carbocycles. The molecule has 3 aromatic rings. The number of carbonyl (C=O) groups excluding carboxylic acids is 2. The molecule has 0 unspecified atom stereocenters. The Morgan fingerprint density at radius 2 is 1.85 bits per heavy atom. The summed E-state index contributed by atoms with van der Waals surface area (Å²) < 4.78 is 12.3. The van der Waals surface area contributed by atoms with Gasteiger partial charge in [-0.25, -0.2) is 4.98 Å². The van der Waals surface area contributed by atoms with Gasteiger partial charge in [0, 0.05) is 45.0 Å². The van der Waals surface area contributed by atoms with Gasteiger partial charge in [-0.2, -0.15) is 0 Å². The monoisotopic (exact) mass is 450 g/mol. The number of likely N-dealkylation sites (N-methyl/N-ethyl adjacent to an activating group) is 1. The fourth-order valence-corrected chi connectivity index (χ4v) is 3.62. The highest BCUT2D eigenvalue weighted by Crippen LogP contribution is 2.21. The lowest BCUT2D eigenvalue weighted by Gasteiger charge is -2.28. The lowest BCUT2D eigenvalue weighted by Crippen LogP contribution is -2.41. The van der Waals surface area contributed by atoms with Crippen LogP contribution >= 0.6 is 0 Å². The molecule has 0 aliphatic heterocycles. The van der Waals surface area contributed by atoms with Crippen molar-refractivity contribution in [1.82, 2.24) is 19.8 Å². The smallest absolute Gasteiger partial charge is 0.272 e. The first kappa shape index (κ1) is 23.8. The summed E-state index contributed by atoms with van der Waals surface area (Å²) in [5, 5.41) is 2.96. The average Bonchev–Trinajstić information content (AvgIpc) is 3.28. The Morgan fingerprint density at radius 1 is 1.09 bits per heavy atom. The molecule has 33 heavy (non-hydrogen) atoms. The highest BCUT2D eigenvalue weighted by atomic mass is 16.5. The van der Waals surface area contributed by atoms with E-state index in [0.29, 0.717) is 36.7 Å². The molecule has 174 valence electrons. The van der Waals surface area contributed by atoms with Crippen molar-refractivity contribution in [2.75, 3.05) is 27.8 Å². The molecule has 2 heterocycles. The molecule has 0 aliphatic carbocycles. The zero-order valence-electron chi connectivity index (χ0n) is 19.4. The first-order valence-corrected chi connectivity index (χ1v) is 10.7. The van der Waals surface area contributed by atoms with Crippen molar-refractivity contribution in [3.05, 3.63) is 77.7 Å². The highest BCUT2D eigenvalue weighted by molar-refractivity contribution is 5.93. The van der Waals surface area contributed by atoms with E-state index in [1.807, 2.05) is 49.6 Å². The van der Waals surface area contributed by atoms with E-state index in [4.69, 9.17) is 9.47 Å². The zero-order valence-corrected chi connectivity index (χ0v) is 19.4. The maximum atomic E-state index is 13.3. The summed E-state index contributed by atoms with van der Waals surface area (Å²) in [6, 6.07) is 16.6. The number of benzene rings is 1. The molecule has 2 amide bonds. The van der Waals surface area contributed by atoms with E-state index < -0.39 is 0 Å². The SMILES string of the molecule is COc1cc(OC)nc(C(=O)N(C)[C@H](CCNC(=O)c2cccn2C)Cc2ccccc2)c1. The molecule has 3 rings (SSSR count). The minimum atomic E-state index is -0.248. The van der Waals surface area contributed by atoms with Crippen LogP contribution < -0.4 is 14.8 Å². The van der Waals surface area contributed by atoms with Crippen molar-refractivity contribution in [1.29, 1.82) is 0 Å². The molecule has 0 spiro atoms. The minimum Gasteiger partial charge on any atom is -0.496 e. The Labute approximate surface area is 194 Å². The van der Waals surface area contributed by atoms with Crippen LogP contribution in [-0.2, 0) is 13.5 Å². The van der Waals surface area contributed by atoms with Crippen LogP contribution in [0.25, 0.3) is 0 Å². The second-order valence-electron chi connectivity index (χ2n) is 7.74. The molecular weight excluding hydrogens is 420 g/mol. The van der Waals surface area contributed by atoms with Crippen LogP contribution in [0.2, 0.25) is 0 Å². The molecule has 0 radical (unpaired) electrons. The van der Waals surface area contributed by atoms with Crippen LogP contribution in [-0.4, -0.2) is 60.1 Å². The number of ether oxygens (including phenoxy) is 2. The third-order valence-corrected chi connectivity index (χ3v) is 5.56. The van der Waals surface area contributed by atoms with Gasteiger partial charge in [-0.3, -0.25) is 9.59 Å². The molecule has 0 bridgehead atoms. The summed E-state index contributed by atoms with van der Waals surface area (Å²) in [6.07, 6.45) is 3.05. The number of carbonyl (C=O) groups is 2. The van der Waals surface area contributed by atoms with E-state index in [1.54, 1.807) is 34.7 Å². The number of amides is 2. The molecule has 0 aliphatic rings. The lowest BCUT2D eigenvalue weighted by molar-refractivity contribution is 0.0715. The summed E-state index contributed by atoms with van der Waals surface area (Å²) in [5.74, 6) is 0.407. The Kier molecular flexibility index (Phi) is 8.07. The Bertz CT molecular complexity index is 1060. The molecular formula is C25H30N4O4. The number of pyridine rings is 1. The van der Waals surface area contributed by atoms with Crippen molar-refractivity contribution in [3.8, 4) is 11.6 Å². The third kappa shape index (κ3) is 6.12. The topological polar surface area (TPSA) is 85.7 Å². The Morgan fingerprint density at radius 3 is 2.48 bits per heavy atom. The summed E-state index contributed by atoms with van der Waals surface area (Å²) >= 11 is 0. The molecule has 8 heteroatoms. The summed E-state index contributed by atoms with van der Waals surface area (Å²) in [5.41, 5.74) is 1.93. The van der Waals surface area contributed by atoms with Crippen LogP contribution in [0.5, 0.6) is 11.6 Å². The lowest BCUT2D eigenvalue weighted by atomic mass is 10.0. The van der Waals surface area contributed by atoms with Crippen LogP contribution in [0.4, 0.5) is 0 Å². The maximum Gasteiger partial charge on any atom is 0.272 e. The second kappa shape index (κ2) is 11.2. The Hall–Kier alpha value is -3.81. The maximum absolute atomic E-state index is 13.3. The van der Waals surface area contributed by atoms with Gasteiger partial charge in [-0.1, -0.05) is 30.3 Å². The van der Waals surface area contributed by atoms with Crippen LogP contribution in [0, 0.1) is 0 Å². The second-order valence-corrected chi connectivity index (χ2v) is 7.74. The first-order chi connectivity index (χ1) is 15.9. The molecule has 1 N–H and O–H groups in total. The number of nitrogens with zero attached hydrogens (tertiary/aromatic N) is 3. The fourth-order valence-electron chi connectivity index (χ4n) is 3.62. The van der Waals surface area contributed by atoms with E-state index in [9.17, 15) is 9.59 Å². The van der Waals surface area contributed by atoms with Crippen LogP contribution in [0.15, 0.2) is 60.8 Å². The number of rotatable bonds is 10. The van der Waals surface area contributed by atoms with Gasteiger partial charge in [0.15, 0.2) is 0 Å². The van der Waals surface area contributed by atoms with Crippen molar-refractivity contribution in [2.24, 2.45) is 7.05 Å². The molecule has 0 saturated heterocycles. The van der Waals surface area contributed by atoms with E-state index in [1.165, 1.54) is 14.2 Å². The zero-order chi connectivity index (χ0) is 23.8. The van der Waals surface area contributed by atoms with Gasteiger partial charge in [0.05, 0.1) is 14.2 Å². The first-order valence-electron chi connectivity index (χ1n) is 10.7. The number of aryl methyl sites for hydroxylation is 1. The number of hydrogen-bond donors (Lipinski definition) is 1. The van der Waals surface area contributed by atoms with E-state index >= 15 is 0 Å². The van der Waals surface area contributed by atoms with Gasteiger partial charge >= 0.3 is 0 Å².